The summed E-state index contributed by atoms with van der Waals surface area (Å²) in [6, 6.07) is 10.9. The fourth-order valence-electron chi connectivity index (χ4n) is 2.50. The second-order valence-electron chi connectivity index (χ2n) is 5.64. The summed E-state index contributed by atoms with van der Waals surface area (Å²) in [5.41, 5.74) is 1.59. The summed E-state index contributed by atoms with van der Waals surface area (Å²) in [7, 11) is 1.49. The third-order valence-electron chi connectivity index (χ3n) is 3.83. The first-order valence-corrected chi connectivity index (χ1v) is 7.94. The van der Waals surface area contributed by atoms with Crippen molar-refractivity contribution in [3.63, 3.8) is 0 Å². The Morgan fingerprint density at radius 3 is 2.44 bits per heavy atom. The average molecular weight is 368 g/mol. The Balaban J connectivity index is 1.85. The number of urea groups is 1. The number of para-hydroxylation sites is 1. The SMILES string of the molecule is COc1cccc(/C=C2\NC(=O)NC2=O)c1OCc1ccc(C(=O)O)cc1. The normalized spacial score (nSPS) is 14.6. The van der Waals surface area contributed by atoms with Crippen LogP contribution in [0.5, 0.6) is 11.5 Å². The number of carboxylic acid groups (broad SMARTS) is 1. The van der Waals surface area contributed by atoms with Gasteiger partial charge >= 0.3 is 12.0 Å². The summed E-state index contributed by atoms with van der Waals surface area (Å²) in [6.07, 6.45) is 1.49. The molecule has 1 aliphatic heterocycles. The van der Waals surface area contributed by atoms with Gasteiger partial charge in [0.05, 0.1) is 12.7 Å². The molecule has 0 atom stereocenters. The molecule has 2 aromatic carbocycles. The highest BCUT2D eigenvalue weighted by Crippen LogP contribution is 2.33. The maximum atomic E-state index is 11.7. The quantitative estimate of drug-likeness (QED) is 0.532. The summed E-state index contributed by atoms with van der Waals surface area (Å²) in [5, 5.41) is 13.5. The molecule has 27 heavy (non-hydrogen) atoms. The Bertz CT molecular complexity index is 934. The first-order chi connectivity index (χ1) is 13.0. The van der Waals surface area contributed by atoms with E-state index in [1.807, 2.05) is 0 Å². The average Bonchev–Trinajstić information content (AvgIpc) is 2.97. The van der Waals surface area contributed by atoms with Crippen molar-refractivity contribution in [1.29, 1.82) is 0 Å². The van der Waals surface area contributed by atoms with Crippen LogP contribution in [0.4, 0.5) is 4.79 Å². The number of carbonyl (C=O) groups is 3. The standard InChI is InChI=1S/C19H16N2O6/c1-26-15-4-2-3-13(9-14-17(22)21-19(25)20-14)16(15)27-10-11-5-7-12(8-6-11)18(23)24/h2-9H,10H2,1H3,(H,23,24)(H2,20,21,22,25)/b14-9-. The van der Waals surface area contributed by atoms with Gasteiger partial charge in [-0.25, -0.2) is 9.59 Å². The number of rotatable bonds is 6. The monoisotopic (exact) mass is 368 g/mol. The van der Waals surface area contributed by atoms with E-state index in [0.29, 0.717) is 17.1 Å². The van der Waals surface area contributed by atoms with Crippen LogP contribution in [0, 0.1) is 0 Å². The predicted molar refractivity (Wildman–Crippen MR) is 95.4 cm³/mol. The molecule has 1 aliphatic rings. The molecule has 0 saturated carbocycles. The summed E-state index contributed by atoms with van der Waals surface area (Å²) in [4.78, 5) is 33.9. The van der Waals surface area contributed by atoms with Crippen LogP contribution in [0.25, 0.3) is 6.08 Å². The van der Waals surface area contributed by atoms with Gasteiger partial charge in [-0.2, -0.15) is 0 Å². The molecule has 0 radical (unpaired) electrons. The van der Waals surface area contributed by atoms with Crippen LogP contribution in [0.1, 0.15) is 21.5 Å². The van der Waals surface area contributed by atoms with Crippen molar-refractivity contribution in [2.24, 2.45) is 0 Å². The van der Waals surface area contributed by atoms with Crippen LogP contribution in [0.2, 0.25) is 0 Å². The molecule has 8 nitrogen and oxygen atoms in total. The van der Waals surface area contributed by atoms with Crippen molar-refractivity contribution >= 4 is 24.0 Å². The van der Waals surface area contributed by atoms with Gasteiger partial charge in [0.2, 0.25) is 0 Å². The summed E-state index contributed by atoms with van der Waals surface area (Å²) < 4.78 is 11.2. The van der Waals surface area contributed by atoms with Gasteiger partial charge in [-0.15, -0.1) is 0 Å². The van der Waals surface area contributed by atoms with E-state index in [4.69, 9.17) is 14.6 Å². The fourth-order valence-corrected chi connectivity index (χ4v) is 2.50. The molecule has 0 spiro atoms. The summed E-state index contributed by atoms with van der Waals surface area (Å²) in [6.45, 7) is 0.162. The summed E-state index contributed by atoms with van der Waals surface area (Å²) in [5.74, 6) is -0.684. The summed E-state index contributed by atoms with van der Waals surface area (Å²) >= 11 is 0. The predicted octanol–water partition coefficient (Wildman–Crippen LogP) is 2.15. The van der Waals surface area contributed by atoms with E-state index < -0.39 is 17.9 Å². The van der Waals surface area contributed by atoms with Crippen molar-refractivity contribution in [2.75, 3.05) is 7.11 Å². The molecule has 138 valence electrons. The van der Waals surface area contributed by atoms with E-state index in [2.05, 4.69) is 10.6 Å². The van der Waals surface area contributed by atoms with Gasteiger partial charge in [-0.1, -0.05) is 24.3 Å². The molecule has 8 heteroatoms. The number of aromatic carboxylic acids is 1. The maximum Gasteiger partial charge on any atom is 0.335 e. The van der Waals surface area contributed by atoms with Crippen molar-refractivity contribution in [2.45, 2.75) is 6.61 Å². The van der Waals surface area contributed by atoms with Gasteiger partial charge in [-0.05, 0) is 29.8 Å². The van der Waals surface area contributed by atoms with E-state index in [0.717, 1.165) is 5.56 Å². The minimum atomic E-state index is -1.00. The minimum absolute atomic E-state index is 0.101. The highest BCUT2D eigenvalue weighted by Gasteiger charge is 2.23. The van der Waals surface area contributed by atoms with Crippen LogP contribution >= 0.6 is 0 Å². The van der Waals surface area contributed by atoms with Crippen molar-refractivity contribution in [1.82, 2.24) is 10.6 Å². The smallest absolute Gasteiger partial charge is 0.335 e. The van der Waals surface area contributed by atoms with Crippen molar-refractivity contribution < 1.29 is 29.0 Å². The minimum Gasteiger partial charge on any atom is -0.493 e. The molecule has 0 aromatic heterocycles. The number of hydrogen-bond acceptors (Lipinski definition) is 5. The highest BCUT2D eigenvalue weighted by molar-refractivity contribution is 6.14. The maximum absolute atomic E-state index is 11.7. The zero-order chi connectivity index (χ0) is 19.4. The van der Waals surface area contributed by atoms with Crippen LogP contribution < -0.4 is 20.1 Å². The molecule has 3 N–H and O–H groups in total. The molecule has 0 aliphatic carbocycles. The number of amides is 3. The van der Waals surface area contributed by atoms with Crippen LogP contribution in [0.15, 0.2) is 48.2 Å². The highest BCUT2D eigenvalue weighted by atomic mass is 16.5. The number of hydrogen-bond donors (Lipinski definition) is 3. The zero-order valence-electron chi connectivity index (χ0n) is 14.3. The number of carboxylic acids is 1. The fraction of sp³-hybridized carbons (Fsp3) is 0.105. The van der Waals surface area contributed by atoms with Gasteiger partial charge in [0.15, 0.2) is 11.5 Å². The van der Waals surface area contributed by atoms with Gasteiger partial charge in [-0.3, -0.25) is 10.1 Å². The third-order valence-corrected chi connectivity index (χ3v) is 3.83. The van der Waals surface area contributed by atoms with Gasteiger partial charge in [0.1, 0.15) is 12.3 Å². The van der Waals surface area contributed by atoms with E-state index in [1.54, 1.807) is 30.3 Å². The van der Waals surface area contributed by atoms with Gasteiger partial charge in [0, 0.05) is 5.56 Å². The Morgan fingerprint density at radius 1 is 1.11 bits per heavy atom. The Hall–Kier alpha value is -3.81. The molecule has 0 bridgehead atoms. The molecule has 3 rings (SSSR count). The van der Waals surface area contributed by atoms with Gasteiger partial charge in [0.25, 0.3) is 5.91 Å². The lowest BCUT2D eigenvalue weighted by atomic mass is 10.1. The molecule has 3 amide bonds. The first kappa shape index (κ1) is 18.0. The van der Waals surface area contributed by atoms with Crippen molar-refractivity contribution in [3.8, 4) is 11.5 Å². The van der Waals surface area contributed by atoms with Gasteiger partial charge < -0.3 is 19.9 Å². The largest absolute Gasteiger partial charge is 0.493 e. The number of carbonyl (C=O) groups excluding carboxylic acids is 2. The van der Waals surface area contributed by atoms with Crippen LogP contribution in [-0.2, 0) is 11.4 Å². The lowest BCUT2D eigenvalue weighted by Crippen LogP contribution is -2.22. The molecular weight excluding hydrogens is 352 g/mol. The Morgan fingerprint density at radius 2 is 1.85 bits per heavy atom. The zero-order valence-corrected chi connectivity index (χ0v) is 14.3. The molecule has 1 fully saturated rings. The lowest BCUT2D eigenvalue weighted by molar-refractivity contribution is -0.115. The Labute approximate surface area is 154 Å². The second kappa shape index (κ2) is 7.61. The number of benzene rings is 2. The van der Waals surface area contributed by atoms with E-state index in [1.165, 1.54) is 25.3 Å². The Kier molecular flexibility index (Phi) is 5.07. The number of nitrogens with one attached hydrogen (secondary N) is 2. The number of methoxy groups -OCH3 is 1. The molecule has 0 unspecified atom stereocenters. The lowest BCUT2D eigenvalue weighted by Gasteiger charge is -2.14. The van der Waals surface area contributed by atoms with E-state index >= 15 is 0 Å². The molecule has 1 heterocycles. The van der Waals surface area contributed by atoms with E-state index in [-0.39, 0.29) is 17.9 Å². The number of ether oxygens (including phenoxy) is 2. The second-order valence-corrected chi connectivity index (χ2v) is 5.64. The molecule has 1 saturated heterocycles. The molecule has 2 aromatic rings. The molecular formula is C19H16N2O6. The van der Waals surface area contributed by atoms with E-state index in [9.17, 15) is 14.4 Å². The topological polar surface area (TPSA) is 114 Å². The van der Waals surface area contributed by atoms with Crippen molar-refractivity contribution in [3.05, 3.63) is 64.9 Å². The third kappa shape index (κ3) is 4.06. The van der Waals surface area contributed by atoms with Crippen LogP contribution in [0.3, 0.4) is 0 Å². The first-order valence-electron chi connectivity index (χ1n) is 7.94. The number of imide groups is 1. The van der Waals surface area contributed by atoms with Crippen LogP contribution in [-0.4, -0.2) is 30.1 Å².